The van der Waals surface area contributed by atoms with Crippen LogP contribution in [0, 0.1) is 5.82 Å². The SMILES string of the molecule is CCCCOc1c(C(=O)O)cc(Br)c2cc(Cc3ccc(F)cc3)cnc12. The monoisotopic (exact) mass is 431 g/mol. The number of benzene rings is 2. The number of unbranched alkanes of at least 4 members (excludes halogenated alkanes) is 1. The lowest BCUT2D eigenvalue weighted by atomic mass is 10.0. The Labute approximate surface area is 165 Å². The zero-order valence-corrected chi connectivity index (χ0v) is 16.4. The van der Waals surface area contributed by atoms with E-state index in [0.29, 0.717) is 28.8 Å². The molecule has 1 heterocycles. The van der Waals surface area contributed by atoms with Crippen LogP contribution in [0.2, 0.25) is 0 Å². The summed E-state index contributed by atoms with van der Waals surface area (Å²) < 4.78 is 19.5. The van der Waals surface area contributed by atoms with E-state index in [1.165, 1.54) is 12.1 Å². The standard InChI is InChI=1S/C21H19BrFNO3/c1-2-3-8-27-20-17(21(25)26)11-18(22)16-10-14(12-24-19(16)20)9-13-4-6-15(23)7-5-13/h4-7,10-12H,2-3,8-9H2,1H3,(H,25,26). The number of carboxylic acids is 1. The molecular formula is C21H19BrFNO3. The molecule has 0 aliphatic carbocycles. The molecule has 0 unspecified atom stereocenters. The average Bonchev–Trinajstić information content (AvgIpc) is 2.65. The van der Waals surface area contributed by atoms with E-state index in [4.69, 9.17) is 4.74 Å². The van der Waals surface area contributed by atoms with Gasteiger partial charge in [-0.1, -0.05) is 41.4 Å². The highest BCUT2D eigenvalue weighted by Gasteiger charge is 2.19. The number of pyridine rings is 1. The molecule has 0 saturated heterocycles. The molecule has 0 bridgehead atoms. The second kappa shape index (κ2) is 8.48. The number of ether oxygens (including phenoxy) is 1. The predicted molar refractivity (Wildman–Crippen MR) is 106 cm³/mol. The van der Waals surface area contributed by atoms with E-state index in [1.54, 1.807) is 24.4 Å². The third-order valence-corrected chi connectivity index (χ3v) is 4.88. The van der Waals surface area contributed by atoms with Gasteiger partial charge in [-0.05, 0) is 48.2 Å². The van der Waals surface area contributed by atoms with Crippen LogP contribution in [0.5, 0.6) is 5.75 Å². The number of hydrogen-bond acceptors (Lipinski definition) is 3. The molecule has 0 saturated carbocycles. The third kappa shape index (κ3) is 4.45. The Morgan fingerprint density at radius 2 is 1.96 bits per heavy atom. The highest BCUT2D eigenvalue weighted by atomic mass is 79.9. The van der Waals surface area contributed by atoms with Gasteiger partial charge in [0.1, 0.15) is 16.9 Å². The molecule has 1 aromatic heterocycles. The summed E-state index contributed by atoms with van der Waals surface area (Å²) in [6.45, 7) is 2.48. The first-order valence-electron chi connectivity index (χ1n) is 8.71. The Morgan fingerprint density at radius 3 is 2.63 bits per heavy atom. The van der Waals surface area contributed by atoms with E-state index < -0.39 is 5.97 Å². The Balaban J connectivity index is 2.02. The maximum Gasteiger partial charge on any atom is 0.339 e. The van der Waals surface area contributed by atoms with E-state index in [9.17, 15) is 14.3 Å². The first-order valence-corrected chi connectivity index (χ1v) is 9.50. The van der Waals surface area contributed by atoms with Crippen molar-refractivity contribution in [2.75, 3.05) is 6.61 Å². The highest BCUT2D eigenvalue weighted by Crippen LogP contribution is 2.35. The smallest absolute Gasteiger partial charge is 0.339 e. The predicted octanol–water partition coefficient (Wildman–Crippen LogP) is 5.60. The van der Waals surface area contributed by atoms with Crippen LogP contribution in [0.1, 0.15) is 41.3 Å². The molecule has 0 amide bonds. The van der Waals surface area contributed by atoms with Crippen LogP contribution in [0.25, 0.3) is 10.9 Å². The zero-order chi connectivity index (χ0) is 19.4. The number of carboxylic acid groups (broad SMARTS) is 1. The minimum Gasteiger partial charge on any atom is -0.490 e. The van der Waals surface area contributed by atoms with Gasteiger partial charge in [0.05, 0.1) is 6.61 Å². The van der Waals surface area contributed by atoms with Gasteiger partial charge in [0.2, 0.25) is 0 Å². The summed E-state index contributed by atoms with van der Waals surface area (Å²) in [4.78, 5) is 16.1. The fourth-order valence-electron chi connectivity index (χ4n) is 2.83. The van der Waals surface area contributed by atoms with Crippen LogP contribution in [0.4, 0.5) is 4.39 Å². The third-order valence-electron chi connectivity index (χ3n) is 4.23. The Hall–Kier alpha value is -2.47. The molecule has 3 rings (SSSR count). The largest absolute Gasteiger partial charge is 0.490 e. The van der Waals surface area contributed by atoms with Crippen molar-refractivity contribution in [1.29, 1.82) is 0 Å². The number of hydrogen-bond donors (Lipinski definition) is 1. The van der Waals surface area contributed by atoms with Gasteiger partial charge in [-0.25, -0.2) is 9.18 Å². The molecule has 27 heavy (non-hydrogen) atoms. The van der Waals surface area contributed by atoms with Crippen LogP contribution in [0.3, 0.4) is 0 Å². The van der Waals surface area contributed by atoms with Crippen molar-refractivity contribution >= 4 is 32.8 Å². The second-order valence-corrected chi connectivity index (χ2v) is 7.14. The molecule has 0 radical (unpaired) electrons. The summed E-state index contributed by atoms with van der Waals surface area (Å²) in [5.41, 5.74) is 2.51. The maximum absolute atomic E-state index is 13.1. The van der Waals surface area contributed by atoms with Crippen molar-refractivity contribution in [3.8, 4) is 5.75 Å². The van der Waals surface area contributed by atoms with Gasteiger partial charge in [-0.3, -0.25) is 4.98 Å². The van der Waals surface area contributed by atoms with Gasteiger partial charge < -0.3 is 9.84 Å². The minimum atomic E-state index is -1.05. The van der Waals surface area contributed by atoms with Crippen molar-refractivity contribution in [1.82, 2.24) is 4.98 Å². The van der Waals surface area contributed by atoms with Crippen molar-refractivity contribution in [2.24, 2.45) is 0 Å². The number of carbonyl (C=O) groups is 1. The molecule has 0 aliphatic heterocycles. The second-order valence-electron chi connectivity index (χ2n) is 6.29. The molecule has 0 atom stereocenters. The number of nitrogens with zero attached hydrogens (tertiary/aromatic N) is 1. The number of aromatic nitrogens is 1. The molecule has 3 aromatic rings. The normalized spacial score (nSPS) is 10.9. The summed E-state index contributed by atoms with van der Waals surface area (Å²) in [6, 6.07) is 9.84. The van der Waals surface area contributed by atoms with Crippen LogP contribution in [-0.2, 0) is 6.42 Å². The number of aromatic carboxylic acids is 1. The van der Waals surface area contributed by atoms with Crippen molar-refractivity contribution in [3.63, 3.8) is 0 Å². The molecule has 2 aromatic carbocycles. The highest BCUT2D eigenvalue weighted by molar-refractivity contribution is 9.10. The Kier molecular flexibility index (Phi) is 6.06. The maximum atomic E-state index is 13.1. The van der Waals surface area contributed by atoms with Gasteiger partial charge in [0.25, 0.3) is 0 Å². The van der Waals surface area contributed by atoms with E-state index in [2.05, 4.69) is 20.9 Å². The molecule has 0 aliphatic rings. The van der Waals surface area contributed by atoms with Crippen LogP contribution >= 0.6 is 15.9 Å². The number of rotatable bonds is 7. The fourth-order valence-corrected chi connectivity index (χ4v) is 3.36. The number of halogens is 2. The average molecular weight is 432 g/mol. The minimum absolute atomic E-state index is 0.0873. The Bertz CT molecular complexity index is 973. The fraction of sp³-hybridized carbons (Fsp3) is 0.238. The summed E-state index contributed by atoms with van der Waals surface area (Å²) in [5.74, 6) is -1.03. The first kappa shape index (κ1) is 19.3. The lowest BCUT2D eigenvalue weighted by Gasteiger charge is -2.14. The number of fused-ring (bicyclic) bond motifs is 1. The van der Waals surface area contributed by atoms with Gasteiger partial charge in [0, 0.05) is 16.1 Å². The molecule has 0 spiro atoms. The van der Waals surface area contributed by atoms with Crippen LogP contribution in [0.15, 0.2) is 47.1 Å². The lowest BCUT2D eigenvalue weighted by Crippen LogP contribution is -2.06. The summed E-state index contributed by atoms with van der Waals surface area (Å²) in [7, 11) is 0. The van der Waals surface area contributed by atoms with Gasteiger partial charge >= 0.3 is 5.97 Å². The molecule has 1 N–H and O–H groups in total. The van der Waals surface area contributed by atoms with E-state index in [-0.39, 0.29) is 11.4 Å². The first-order chi connectivity index (χ1) is 13.0. The van der Waals surface area contributed by atoms with Crippen molar-refractivity contribution in [2.45, 2.75) is 26.2 Å². The zero-order valence-electron chi connectivity index (χ0n) is 14.8. The van der Waals surface area contributed by atoms with Gasteiger partial charge in [-0.2, -0.15) is 0 Å². The van der Waals surface area contributed by atoms with E-state index >= 15 is 0 Å². The quantitative estimate of drug-likeness (QED) is 0.494. The lowest BCUT2D eigenvalue weighted by molar-refractivity contribution is 0.0692. The summed E-state index contributed by atoms with van der Waals surface area (Å²) in [5, 5.41) is 10.3. The molecule has 140 valence electrons. The Morgan fingerprint density at radius 1 is 1.22 bits per heavy atom. The molecule has 0 fully saturated rings. The molecule has 4 nitrogen and oxygen atoms in total. The van der Waals surface area contributed by atoms with Crippen molar-refractivity contribution in [3.05, 3.63) is 69.6 Å². The summed E-state index contributed by atoms with van der Waals surface area (Å²) in [6.07, 6.45) is 4.09. The van der Waals surface area contributed by atoms with E-state index in [1.807, 2.05) is 13.0 Å². The van der Waals surface area contributed by atoms with Crippen molar-refractivity contribution < 1.29 is 19.0 Å². The van der Waals surface area contributed by atoms with E-state index in [0.717, 1.165) is 29.4 Å². The molecule has 6 heteroatoms. The van der Waals surface area contributed by atoms with Crippen LogP contribution < -0.4 is 4.74 Å². The topological polar surface area (TPSA) is 59.4 Å². The van der Waals surface area contributed by atoms with Gasteiger partial charge in [-0.15, -0.1) is 0 Å². The summed E-state index contributed by atoms with van der Waals surface area (Å²) >= 11 is 3.45. The van der Waals surface area contributed by atoms with Gasteiger partial charge in [0.15, 0.2) is 5.75 Å². The van der Waals surface area contributed by atoms with Crippen LogP contribution in [-0.4, -0.2) is 22.7 Å². The molecular weight excluding hydrogens is 413 g/mol.